The summed E-state index contributed by atoms with van der Waals surface area (Å²) in [4.78, 5) is 21.3. The van der Waals surface area contributed by atoms with Crippen LogP contribution in [0.4, 0.5) is 0 Å². The summed E-state index contributed by atoms with van der Waals surface area (Å²) in [5.74, 6) is 1.32. The molecule has 1 fully saturated rings. The quantitative estimate of drug-likeness (QED) is 0.856. The average molecular weight is 303 g/mol. The number of carbonyl (C=O) groups excluding carboxylic acids is 1. The zero-order valence-electron chi connectivity index (χ0n) is 12.0. The number of hydrogen-bond acceptors (Lipinski definition) is 5. The van der Waals surface area contributed by atoms with Gasteiger partial charge in [0.05, 0.1) is 10.9 Å². The highest BCUT2D eigenvalue weighted by atomic mass is 32.1. The van der Waals surface area contributed by atoms with E-state index in [1.54, 1.807) is 18.3 Å². The Kier molecular flexibility index (Phi) is 3.06. The molecule has 4 rings (SSSR count). The highest BCUT2D eigenvalue weighted by molar-refractivity contribution is 7.14. The summed E-state index contributed by atoms with van der Waals surface area (Å²) in [5.41, 5.74) is 1.37. The summed E-state index contributed by atoms with van der Waals surface area (Å²) in [7, 11) is 0. The first kappa shape index (κ1) is 13.0. The van der Waals surface area contributed by atoms with Gasteiger partial charge < -0.3 is 9.42 Å². The van der Waals surface area contributed by atoms with E-state index in [1.165, 1.54) is 16.9 Å². The van der Waals surface area contributed by atoms with Crippen molar-refractivity contribution in [1.82, 2.24) is 15.0 Å². The number of nitrogens with zero attached hydrogens (tertiary/aromatic N) is 3. The maximum Gasteiger partial charge on any atom is 0.264 e. The van der Waals surface area contributed by atoms with Crippen LogP contribution in [0.2, 0.25) is 0 Å². The van der Waals surface area contributed by atoms with Gasteiger partial charge in [-0.05, 0) is 43.7 Å². The molecule has 5 nitrogen and oxygen atoms in total. The van der Waals surface area contributed by atoms with Gasteiger partial charge in [-0.25, -0.2) is 0 Å². The van der Waals surface area contributed by atoms with Crippen LogP contribution in [-0.2, 0) is 12.8 Å². The van der Waals surface area contributed by atoms with E-state index >= 15 is 0 Å². The van der Waals surface area contributed by atoms with Crippen molar-refractivity contribution in [2.75, 3.05) is 6.54 Å². The van der Waals surface area contributed by atoms with Gasteiger partial charge in [0.1, 0.15) is 0 Å². The first-order chi connectivity index (χ1) is 10.2. The third kappa shape index (κ3) is 2.18. The molecule has 2 aromatic rings. The number of hydrogen-bond donors (Lipinski definition) is 0. The fourth-order valence-electron chi connectivity index (χ4n) is 3.30. The number of aromatic nitrogens is 2. The minimum absolute atomic E-state index is 0.0353. The monoisotopic (exact) mass is 303 g/mol. The van der Waals surface area contributed by atoms with Gasteiger partial charge in [-0.15, -0.1) is 11.3 Å². The van der Waals surface area contributed by atoms with Crippen molar-refractivity contribution in [2.45, 2.75) is 45.1 Å². The summed E-state index contributed by atoms with van der Waals surface area (Å²) in [6, 6.07) is 2.05. The number of amides is 1. The third-order valence-electron chi connectivity index (χ3n) is 4.31. The van der Waals surface area contributed by atoms with Gasteiger partial charge in [0.25, 0.3) is 5.91 Å². The molecule has 1 aliphatic heterocycles. The van der Waals surface area contributed by atoms with E-state index in [0.29, 0.717) is 11.7 Å². The van der Waals surface area contributed by atoms with E-state index in [4.69, 9.17) is 4.52 Å². The molecule has 110 valence electrons. The number of carbonyl (C=O) groups is 1. The molecule has 0 N–H and O–H groups in total. The van der Waals surface area contributed by atoms with Gasteiger partial charge in [0.2, 0.25) is 5.89 Å². The van der Waals surface area contributed by atoms with E-state index in [0.717, 1.165) is 37.1 Å². The second kappa shape index (κ2) is 4.94. The standard InChI is InChI=1S/C15H17N3O2S/c1-9-16-14(17-20-9)11-5-3-7-18(11)15(19)13-8-10-4-2-6-12(10)21-13/h8,11H,2-7H2,1H3/t11-/m1/s1. The molecule has 2 aliphatic rings. The first-order valence-corrected chi connectivity index (χ1v) is 8.27. The Morgan fingerprint density at radius 2 is 2.33 bits per heavy atom. The molecule has 1 saturated heterocycles. The van der Waals surface area contributed by atoms with Crippen LogP contribution in [0.1, 0.15) is 57.1 Å². The lowest BCUT2D eigenvalue weighted by molar-refractivity contribution is 0.0733. The van der Waals surface area contributed by atoms with E-state index in [1.807, 2.05) is 4.90 Å². The topological polar surface area (TPSA) is 59.2 Å². The molecule has 2 aromatic heterocycles. The van der Waals surface area contributed by atoms with E-state index in [-0.39, 0.29) is 11.9 Å². The van der Waals surface area contributed by atoms with Crippen molar-refractivity contribution in [3.05, 3.63) is 33.1 Å². The Bertz CT molecular complexity index is 669. The van der Waals surface area contributed by atoms with E-state index in [9.17, 15) is 4.79 Å². The molecule has 21 heavy (non-hydrogen) atoms. The van der Waals surface area contributed by atoms with Crippen molar-refractivity contribution in [3.63, 3.8) is 0 Å². The highest BCUT2D eigenvalue weighted by Gasteiger charge is 2.34. The third-order valence-corrected chi connectivity index (χ3v) is 5.54. The van der Waals surface area contributed by atoms with Gasteiger partial charge in [-0.2, -0.15) is 4.98 Å². The van der Waals surface area contributed by atoms with Crippen molar-refractivity contribution in [1.29, 1.82) is 0 Å². The van der Waals surface area contributed by atoms with Crippen molar-refractivity contribution in [2.24, 2.45) is 0 Å². The smallest absolute Gasteiger partial charge is 0.264 e. The zero-order chi connectivity index (χ0) is 14.4. The molecular formula is C15H17N3O2S. The Labute approximate surface area is 127 Å². The molecule has 6 heteroatoms. The Morgan fingerprint density at radius 1 is 1.43 bits per heavy atom. The SMILES string of the molecule is Cc1nc([C@H]2CCCN2C(=O)c2cc3c(s2)CCC3)no1. The van der Waals surface area contributed by atoms with Gasteiger partial charge in [0, 0.05) is 18.3 Å². The molecule has 0 unspecified atom stereocenters. The summed E-state index contributed by atoms with van der Waals surface area (Å²) in [6.45, 7) is 2.56. The molecular weight excluding hydrogens is 286 g/mol. The fourth-order valence-corrected chi connectivity index (χ4v) is 4.51. The average Bonchev–Trinajstić information content (AvgIpc) is 3.20. The summed E-state index contributed by atoms with van der Waals surface area (Å²) in [6.07, 6.45) is 5.38. The molecule has 1 aliphatic carbocycles. The van der Waals surface area contributed by atoms with Gasteiger partial charge >= 0.3 is 0 Å². The normalized spacial score (nSPS) is 21.0. The van der Waals surface area contributed by atoms with Crippen LogP contribution < -0.4 is 0 Å². The Balaban J connectivity index is 1.60. The van der Waals surface area contributed by atoms with Gasteiger partial charge in [-0.3, -0.25) is 4.79 Å². The Hall–Kier alpha value is -1.69. The van der Waals surface area contributed by atoms with Crippen molar-refractivity contribution < 1.29 is 9.32 Å². The number of rotatable bonds is 2. The minimum atomic E-state index is -0.0353. The van der Waals surface area contributed by atoms with E-state index in [2.05, 4.69) is 16.2 Å². The molecule has 0 aromatic carbocycles. The van der Waals surface area contributed by atoms with Gasteiger partial charge in [-0.1, -0.05) is 5.16 Å². The first-order valence-electron chi connectivity index (χ1n) is 7.45. The van der Waals surface area contributed by atoms with Crippen LogP contribution in [0.25, 0.3) is 0 Å². The largest absolute Gasteiger partial charge is 0.340 e. The van der Waals surface area contributed by atoms with Crippen molar-refractivity contribution >= 4 is 17.2 Å². The zero-order valence-corrected chi connectivity index (χ0v) is 12.8. The molecule has 0 spiro atoms. The second-order valence-corrected chi connectivity index (χ2v) is 6.88. The number of thiophene rings is 1. The number of likely N-dealkylation sites (tertiary alicyclic amines) is 1. The molecule has 1 atom stereocenters. The highest BCUT2D eigenvalue weighted by Crippen LogP contribution is 2.35. The lowest BCUT2D eigenvalue weighted by Crippen LogP contribution is -2.30. The summed E-state index contributed by atoms with van der Waals surface area (Å²) in [5, 5.41) is 4.00. The summed E-state index contributed by atoms with van der Waals surface area (Å²) < 4.78 is 5.06. The lowest BCUT2D eigenvalue weighted by atomic mass is 10.2. The van der Waals surface area contributed by atoms with E-state index < -0.39 is 0 Å². The maximum absolute atomic E-state index is 12.8. The van der Waals surface area contributed by atoms with Crippen LogP contribution in [0.3, 0.4) is 0 Å². The van der Waals surface area contributed by atoms with Crippen molar-refractivity contribution in [3.8, 4) is 0 Å². The minimum Gasteiger partial charge on any atom is -0.340 e. The fraction of sp³-hybridized carbons (Fsp3) is 0.533. The second-order valence-electron chi connectivity index (χ2n) is 5.74. The van der Waals surface area contributed by atoms with Crippen LogP contribution in [0, 0.1) is 6.92 Å². The number of aryl methyl sites for hydroxylation is 3. The molecule has 3 heterocycles. The molecule has 0 saturated carbocycles. The molecule has 0 bridgehead atoms. The van der Waals surface area contributed by atoms with Gasteiger partial charge in [0.15, 0.2) is 5.82 Å². The predicted octanol–water partition coefficient (Wildman–Crippen LogP) is 2.91. The number of fused-ring (bicyclic) bond motifs is 1. The maximum atomic E-state index is 12.8. The van der Waals surface area contributed by atoms with Crippen LogP contribution in [-0.4, -0.2) is 27.5 Å². The van der Waals surface area contributed by atoms with Crippen LogP contribution >= 0.6 is 11.3 Å². The predicted molar refractivity (Wildman–Crippen MR) is 78.4 cm³/mol. The van der Waals surface area contributed by atoms with Crippen LogP contribution in [0.15, 0.2) is 10.6 Å². The summed E-state index contributed by atoms with van der Waals surface area (Å²) >= 11 is 1.66. The molecule has 0 radical (unpaired) electrons. The molecule has 1 amide bonds. The van der Waals surface area contributed by atoms with Crippen LogP contribution in [0.5, 0.6) is 0 Å². The Morgan fingerprint density at radius 3 is 3.10 bits per heavy atom. The lowest BCUT2D eigenvalue weighted by Gasteiger charge is -2.21.